The van der Waals surface area contributed by atoms with Crippen molar-refractivity contribution in [1.82, 2.24) is 0 Å². The third kappa shape index (κ3) is 3.49. The van der Waals surface area contributed by atoms with Crippen molar-refractivity contribution in [3.8, 4) is 0 Å². The maximum atomic E-state index is 12.0. The average Bonchev–Trinajstić information content (AvgIpc) is 2.43. The van der Waals surface area contributed by atoms with Crippen LogP contribution in [0.15, 0.2) is 48.5 Å². The van der Waals surface area contributed by atoms with Crippen LogP contribution in [0.2, 0.25) is 5.02 Å². The van der Waals surface area contributed by atoms with Crippen molar-refractivity contribution in [2.75, 3.05) is 5.32 Å². The SMILES string of the molecule is Cc1ccc(NC(=O)C(Cl)c2ccccc2)cc1Cl. The molecule has 0 radical (unpaired) electrons. The van der Waals surface area contributed by atoms with Crippen LogP contribution in [0.1, 0.15) is 16.5 Å². The Hall–Kier alpha value is -1.51. The smallest absolute Gasteiger partial charge is 0.246 e. The third-order valence-corrected chi connectivity index (χ3v) is 3.62. The van der Waals surface area contributed by atoms with Gasteiger partial charge in [0.1, 0.15) is 5.38 Å². The quantitative estimate of drug-likeness (QED) is 0.826. The lowest BCUT2D eigenvalue weighted by Crippen LogP contribution is -2.17. The maximum Gasteiger partial charge on any atom is 0.246 e. The van der Waals surface area contributed by atoms with Gasteiger partial charge in [0.25, 0.3) is 0 Å². The van der Waals surface area contributed by atoms with E-state index < -0.39 is 5.38 Å². The number of aryl methyl sites for hydroxylation is 1. The number of hydrogen-bond donors (Lipinski definition) is 1. The van der Waals surface area contributed by atoms with Crippen LogP contribution in [0, 0.1) is 6.92 Å². The summed E-state index contributed by atoms with van der Waals surface area (Å²) in [6, 6.07) is 14.6. The maximum absolute atomic E-state index is 12.0. The van der Waals surface area contributed by atoms with Gasteiger partial charge in [0.05, 0.1) is 0 Å². The number of amides is 1. The van der Waals surface area contributed by atoms with Crippen molar-refractivity contribution in [1.29, 1.82) is 0 Å². The standard InChI is InChI=1S/C15H13Cl2NO/c1-10-7-8-12(9-13(10)16)18-15(19)14(17)11-5-3-2-4-6-11/h2-9,14H,1H3,(H,18,19). The molecular formula is C15H13Cl2NO. The molecule has 2 rings (SSSR count). The predicted octanol–water partition coefficient (Wildman–Crippen LogP) is 4.57. The summed E-state index contributed by atoms with van der Waals surface area (Å²) in [4.78, 5) is 12.0. The second-order valence-electron chi connectivity index (χ2n) is 4.23. The lowest BCUT2D eigenvalue weighted by atomic mass is 10.1. The first-order chi connectivity index (χ1) is 9.08. The highest BCUT2D eigenvalue weighted by molar-refractivity contribution is 6.33. The van der Waals surface area contributed by atoms with Crippen molar-refractivity contribution in [3.05, 3.63) is 64.7 Å². The second kappa shape index (κ2) is 6.09. The zero-order chi connectivity index (χ0) is 13.8. The van der Waals surface area contributed by atoms with Gasteiger partial charge in [0.2, 0.25) is 5.91 Å². The molecule has 0 fully saturated rings. The molecule has 98 valence electrons. The van der Waals surface area contributed by atoms with Gasteiger partial charge in [0.15, 0.2) is 0 Å². The number of nitrogens with one attached hydrogen (secondary N) is 1. The molecule has 4 heteroatoms. The number of halogens is 2. The normalized spacial score (nSPS) is 11.9. The van der Waals surface area contributed by atoms with E-state index in [2.05, 4.69) is 5.32 Å². The van der Waals surface area contributed by atoms with Gasteiger partial charge in [-0.3, -0.25) is 4.79 Å². The van der Waals surface area contributed by atoms with Crippen LogP contribution in [0.5, 0.6) is 0 Å². The summed E-state index contributed by atoms with van der Waals surface area (Å²) in [6.45, 7) is 1.91. The molecule has 0 saturated carbocycles. The summed E-state index contributed by atoms with van der Waals surface area (Å²) >= 11 is 12.1. The molecule has 0 aromatic heterocycles. The van der Waals surface area contributed by atoms with Gasteiger partial charge in [0, 0.05) is 10.7 Å². The Labute approximate surface area is 122 Å². The number of benzene rings is 2. The van der Waals surface area contributed by atoms with Crippen LogP contribution in [-0.4, -0.2) is 5.91 Å². The number of carbonyl (C=O) groups is 1. The van der Waals surface area contributed by atoms with E-state index in [1.807, 2.05) is 43.3 Å². The van der Waals surface area contributed by atoms with Gasteiger partial charge < -0.3 is 5.32 Å². The lowest BCUT2D eigenvalue weighted by molar-refractivity contribution is -0.116. The van der Waals surface area contributed by atoms with Crippen LogP contribution in [0.3, 0.4) is 0 Å². The van der Waals surface area contributed by atoms with Crippen LogP contribution >= 0.6 is 23.2 Å². The molecule has 2 aromatic rings. The van der Waals surface area contributed by atoms with E-state index in [4.69, 9.17) is 23.2 Å². The largest absolute Gasteiger partial charge is 0.324 e. The van der Waals surface area contributed by atoms with E-state index in [1.54, 1.807) is 12.1 Å². The molecule has 19 heavy (non-hydrogen) atoms. The first kappa shape index (κ1) is 13.9. The fourth-order valence-electron chi connectivity index (χ4n) is 1.65. The summed E-state index contributed by atoms with van der Waals surface area (Å²) in [5.41, 5.74) is 2.37. The molecule has 0 aliphatic rings. The van der Waals surface area contributed by atoms with E-state index in [0.29, 0.717) is 10.7 Å². The van der Waals surface area contributed by atoms with Gasteiger partial charge >= 0.3 is 0 Å². The molecule has 1 amide bonds. The van der Waals surface area contributed by atoms with Gasteiger partial charge in [-0.15, -0.1) is 11.6 Å². The number of carbonyl (C=O) groups excluding carboxylic acids is 1. The first-order valence-corrected chi connectivity index (χ1v) is 6.65. The Morgan fingerprint density at radius 2 is 1.84 bits per heavy atom. The molecule has 0 heterocycles. The average molecular weight is 294 g/mol. The summed E-state index contributed by atoms with van der Waals surface area (Å²) in [7, 11) is 0. The Morgan fingerprint density at radius 1 is 1.16 bits per heavy atom. The Kier molecular flexibility index (Phi) is 4.46. The number of rotatable bonds is 3. The topological polar surface area (TPSA) is 29.1 Å². The second-order valence-corrected chi connectivity index (χ2v) is 5.07. The minimum atomic E-state index is -0.721. The number of anilines is 1. The molecule has 0 aliphatic heterocycles. The van der Waals surface area contributed by atoms with Crippen molar-refractivity contribution >= 4 is 34.8 Å². The highest BCUT2D eigenvalue weighted by atomic mass is 35.5. The van der Waals surface area contributed by atoms with Crippen molar-refractivity contribution < 1.29 is 4.79 Å². The van der Waals surface area contributed by atoms with E-state index in [-0.39, 0.29) is 5.91 Å². The van der Waals surface area contributed by atoms with Crippen LogP contribution < -0.4 is 5.32 Å². The lowest BCUT2D eigenvalue weighted by Gasteiger charge is -2.11. The Balaban J connectivity index is 2.10. The molecule has 1 N–H and O–H groups in total. The fourth-order valence-corrected chi connectivity index (χ4v) is 2.03. The van der Waals surface area contributed by atoms with Gasteiger partial charge in [-0.25, -0.2) is 0 Å². The molecule has 0 saturated heterocycles. The number of hydrogen-bond acceptors (Lipinski definition) is 1. The molecular weight excluding hydrogens is 281 g/mol. The van der Waals surface area contributed by atoms with E-state index >= 15 is 0 Å². The van der Waals surface area contributed by atoms with Crippen molar-refractivity contribution in [2.24, 2.45) is 0 Å². The van der Waals surface area contributed by atoms with Crippen LogP contribution in [0.4, 0.5) is 5.69 Å². The van der Waals surface area contributed by atoms with Gasteiger partial charge in [-0.05, 0) is 30.2 Å². The fraction of sp³-hybridized carbons (Fsp3) is 0.133. The third-order valence-electron chi connectivity index (χ3n) is 2.76. The molecule has 1 atom stereocenters. The molecule has 0 bridgehead atoms. The summed E-state index contributed by atoms with van der Waals surface area (Å²) in [5.74, 6) is -0.271. The van der Waals surface area contributed by atoms with Crippen molar-refractivity contribution in [3.63, 3.8) is 0 Å². The van der Waals surface area contributed by atoms with Gasteiger partial charge in [-0.2, -0.15) is 0 Å². The summed E-state index contributed by atoms with van der Waals surface area (Å²) in [5, 5.41) is 2.65. The van der Waals surface area contributed by atoms with E-state index in [9.17, 15) is 4.79 Å². The molecule has 2 nitrogen and oxygen atoms in total. The number of alkyl halides is 1. The Morgan fingerprint density at radius 3 is 2.47 bits per heavy atom. The van der Waals surface area contributed by atoms with Gasteiger partial charge in [-0.1, -0.05) is 48.0 Å². The zero-order valence-corrected chi connectivity index (χ0v) is 11.9. The minimum absolute atomic E-state index is 0.271. The minimum Gasteiger partial charge on any atom is -0.324 e. The molecule has 1 unspecified atom stereocenters. The Bertz CT molecular complexity index is 584. The predicted molar refractivity (Wildman–Crippen MR) is 79.9 cm³/mol. The van der Waals surface area contributed by atoms with E-state index in [1.165, 1.54) is 0 Å². The van der Waals surface area contributed by atoms with Crippen LogP contribution in [-0.2, 0) is 4.79 Å². The monoisotopic (exact) mass is 293 g/mol. The summed E-state index contributed by atoms with van der Waals surface area (Å²) < 4.78 is 0. The highest BCUT2D eigenvalue weighted by Crippen LogP contribution is 2.24. The van der Waals surface area contributed by atoms with Crippen LogP contribution in [0.25, 0.3) is 0 Å². The first-order valence-electron chi connectivity index (χ1n) is 5.84. The summed E-state index contributed by atoms with van der Waals surface area (Å²) in [6.07, 6.45) is 0. The molecule has 2 aromatic carbocycles. The van der Waals surface area contributed by atoms with Crippen molar-refractivity contribution in [2.45, 2.75) is 12.3 Å². The van der Waals surface area contributed by atoms with E-state index in [0.717, 1.165) is 11.1 Å². The zero-order valence-electron chi connectivity index (χ0n) is 10.4. The molecule has 0 spiro atoms. The molecule has 0 aliphatic carbocycles. The highest BCUT2D eigenvalue weighted by Gasteiger charge is 2.17.